The maximum Gasteiger partial charge on any atom is 0.254 e. The molecular formula is C16H17N3O. The van der Waals surface area contributed by atoms with Gasteiger partial charge in [-0.25, -0.2) is 0 Å². The average molecular weight is 267 g/mol. The minimum Gasteiger partial charge on any atom is -0.399 e. The molecule has 0 aliphatic carbocycles. The van der Waals surface area contributed by atoms with Crippen molar-refractivity contribution in [3.8, 4) is 0 Å². The Morgan fingerprint density at radius 1 is 1.25 bits per heavy atom. The number of carbonyl (C=O) groups is 1. The largest absolute Gasteiger partial charge is 0.399 e. The number of nitrogens with zero attached hydrogens (tertiary/aromatic N) is 2. The maximum absolute atomic E-state index is 12.5. The van der Waals surface area contributed by atoms with Crippen LogP contribution in [0, 0.1) is 6.92 Å². The van der Waals surface area contributed by atoms with Crippen molar-refractivity contribution in [2.24, 2.45) is 0 Å². The van der Waals surface area contributed by atoms with E-state index in [1.165, 1.54) is 5.56 Å². The van der Waals surface area contributed by atoms with Crippen molar-refractivity contribution in [3.05, 3.63) is 58.9 Å². The second-order valence-corrected chi connectivity index (χ2v) is 5.19. The van der Waals surface area contributed by atoms with E-state index in [0.717, 1.165) is 29.9 Å². The predicted octanol–water partition coefficient (Wildman–Crippen LogP) is 2.17. The number of anilines is 1. The Balaban J connectivity index is 1.84. The number of rotatable bonds is 1. The van der Waals surface area contributed by atoms with E-state index in [2.05, 4.69) is 11.1 Å². The van der Waals surface area contributed by atoms with Crippen molar-refractivity contribution < 1.29 is 4.79 Å². The number of hydrogen-bond donors (Lipinski definition) is 1. The Morgan fingerprint density at radius 3 is 2.90 bits per heavy atom. The molecule has 3 rings (SSSR count). The van der Waals surface area contributed by atoms with Crippen molar-refractivity contribution >= 4 is 11.6 Å². The van der Waals surface area contributed by atoms with E-state index in [0.29, 0.717) is 12.1 Å². The van der Waals surface area contributed by atoms with Crippen molar-refractivity contribution in [3.63, 3.8) is 0 Å². The first-order valence-electron chi connectivity index (χ1n) is 6.73. The standard InChI is InChI=1S/C16H17N3O/c1-11-8-13(4-6-18-11)16(20)19-7-5-12-2-3-15(17)9-14(12)10-19/h2-4,6,8-9H,5,7,10,17H2,1H3. The van der Waals surface area contributed by atoms with Crippen molar-refractivity contribution in [2.45, 2.75) is 19.9 Å². The van der Waals surface area contributed by atoms with Crippen LogP contribution in [0.1, 0.15) is 27.2 Å². The zero-order valence-corrected chi connectivity index (χ0v) is 11.5. The first kappa shape index (κ1) is 12.7. The fourth-order valence-electron chi connectivity index (χ4n) is 2.61. The van der Waals surface area contributed by atoms with E-state index in [9.17, 15) is 4.79 Å². The third kappa shape index (κ3) is 2.37. The Morgan fingerprint density at radius 2 is 2.10 bits per heavy atom. The first-order chi connectivity index (χ1) is 9.63. The van der Waals surface area contributed by atoms with Gasteiger partial charge in [-0.15, -0.1) is 0 Å². The highest BCUT2D eigenvalue weighted by molar-refractivity contribution is 5.94. The van der Waals surface area contributed by atoms with Gasteiger partial charge in [0.25, 0.3) is 5.91 Å². The summed E-state index contributed by atoms with van der Waals surface area (Å²) in [6, 6.07) is 9.54. The summed E-state index contributed by atoms with van der Waals surface area (Å²) in [5.41, 5.74) is 10.6. The second-order valence-electron chi connectivity index (χ2n) is 5.19. The number of nitrogens with two attached hydrogens (primary N) is 1. The monoisotopic (exact) mass is 267 g/mol. The molecule has 2 N–H and O–H groups in total. The molecule has 4 nitrogen and oxygen atoms in total. The van der Waals surface area contributed by atoms with Gasteiger partial charge in [-0.3, -0.25) is 9.78 Å². The molecule has 2 heterocycles. The Labute approximate surface area is 118 Å². The number of nitrogen functional groups attached to an aromatic ring is 1. The molecule has 1 aromatic carbocycles. The van der Waals surface area contributed by atoms with Crippen LogP contribution in [0.3, 0.4) is 0 Å². The molecule has 0 spiro atoms. The van der Waals surface area contributed by atoms with Gasteiger partial charge in [0.1, 0.15) is 0 Å². The number of amides is 1. The highest BCUT2D eigenvalue weighted by Crippen LogP contribution is 2.22. The number of fused-ring (bicyclic) bond motifs is 1. The molecule has 0 unspecified atom stereocenters. The number of hydrogen-bond acceptors (Lipinski definition) is 3. The lowest BCUT2D eigenvalue weighted by atomic mass is 9.98. The summed E-state index contributed by atoms with van der Waals surface area (Å²) in [5.74, 6) is 0.0589. The van der Waals surface area contributed by atoms with E-state index < -0.39 is 0 Å². The van der Waals surface area contributed by atoms with Gasteiger partial charge in [-0.2, -0.15) is 0 Å². The van der Waals surface area contributed by atoms with Crippen LogP contribution in [0.2, 0.25) is 0 Å². The predicted molar refractivity (Wildman–Crippen MR) is 78.3 cm³/mol. The average Bonchev–Trinajstić information content (AvgIpc) is 2.45. The van der Waals surface area contributed by atoms with Gasteiger partial charge in [-0.1, -0.05) is 6.07 Å². The lowest BCUT2D eigenvalue weighted by Gasteiger charge is -2.29. The van der Waals surface area contributed by atoms with Gasteiger partial charge in [-0.05, 0) is 48.7 Å². The normalized spacial score (nSPS) is 13.9. The molecule has 1 aliphatic heterocycles. The van der Waals surface area contributed by atoms with Gasteiger partial charge >= 0.3 is 0 Å². The molecule has 4 heteroatoms. The zero-order chi connectivity index (χ0) is 14.1. The quantitative estimate of drug-likeness (QED) is 0.806. The second kappa shape index (κ2) is 4.96. The molecular weight excluding hydrogens is 250 g/mol. The Hall–Kier alpha value is -2.36. The topological polar surface area (TPSA) is 59.2 Å². The SMILES string of the molecule is Cc1cc(C(=O)N2CCc3ccc(N)cc3C2)ccn1. The van der Waals surface area contributed by atoms with Crippen LogP contribution in [0.5, 0.6) is 0 Å². The van der Waals surface area contributed by atoms with Crippen LogP contribution in [0.4, 0.5) is 5.69 Å². The van der Waals surface area contributed by atoms with Crippen molar-refractivity contribution in [1.29, 1.82) is 0 Å². The summed E-state index contributed by atoms with van der Waals surface area (Å²) in [7, 11) is 0. The van der Waals surface area contributed by atoms with Crippen LogP contribution >= 0.6 is 0 Å². The van der Waals surface area contributed by atoms with Crippen LogP contribution in [-0.2, 0) is 13.0 Å². The summed E-state index contributed by atoms with van der Waals surface area (Å²) < 4.78 is 0. The minimum absolute atomic E-state index is 0.0589. The summed E-state index contributed by atoms with van der Waals surface area (Å²) >= 11 is 0. The number of pyridine rings is 1. The summed E-state index contributed by atoms with van der Waals surface area (Å²) in [4.78, 5) is 18.5. The molecule has 1 amide bonds. The number of aromatic nitrogens is 1. The molecule has 20 heavy (non-hydrogen) atoms. The summed E-state index contributed by atoms with van der Waals surface area (Å²) in [6.07, 6.45) is 2.56. The van der Waals surface area contributed by atoms with Crippen LogP contribution < -0.4 is 5.73 Å². The fraction of sp³-hybridized carbons (Fsp3) is 0.250. The van der Waals surface area contributed by atoms with E-state index in [-0.39, 0.29) is 5.91 Å². The molecule has 0 saturated carbocycles. The van der Waals surface area contributed by atoms with E-state index in [4.69, 9.17) is 5.73 Å². The number of aryl methyl sites for hydroxylation is 1. The molecule has 1 aromatic heterocycles. The van der Waals surface area contributed by atoms with Gasteiger partial charge in [0.05, 0.1) is 0 Å². The molecule has 1 aliphatic rings. The summed E-state index contributed by atoms with van der Waals surface area (Å²) in [5, 5.41) is 0. The highest BCUT2D eigenvalue weighted by Gasteiger charge is 2.21. The fourth-order valence-corrected chi connectivity index (χ4v) is 2.61. The number of carbonyl (C=O) groups excluding carboxylic acids is 1. The smallest absolute Gasteiger partial charge is 0.254 e. The van der Waals surface area contributed by atoms with Gasteiger partial charge in [0, 0.05) is 36.2 Å². The minimum atomic E-state index is 0.0589. The first-order valence-corrected chi connectivity index (χ1v) is 6.73. The third-order valence-electron chi connectivity index (χ3n) is 3.67. The maximum atomic E-state index is 12.5. The highest BCUT2D eigenvalue weighted by atomic mass is 16.2. The van der Waals surface area contributed by atoms with Crippen LogP contribution in [0.15, 0.2) is 36.5 Å². The van der Waals surface area contributed by atoms with Gasteiger partial charge < -0.3 is 10.6 Å². The van der Waals surface area contributed by atoms with E-state index in [1.807, 2.05) is 30.0 Å². The van der Waals surface area contributed by atoms with E-state index >= 15 is 0 Å². The molecule has 2 aromatic rings. The van der Waals surface area contributed by atoms with Crippen molar-refractivity contribution in [2.75, 3.05) is 12.3 Å². The number of benzene rings is 1. The van der Waals surface area contributed by atoms with E-state index in [1.54, 1.807) is 12.3 Å². The van der Waals surface area contributed by atoms with Crippen molar-refractivity contribution in [1.82, 2.24) is 9.88 Å². The van der Waals surface area contributed by atoms with Crippen LogP contribution in [-0.4, -0.2) is 22.3 Å². The Bertz CT molecular complexity index is 667. The van der Waals surface area contributed by atoms with Crippen LogP contribution in [0.25, 0.3) is 0 Å². The molecule has 0 bridgehead atoms. The molecule has 0 fully saturated rings. The molecule has 0 saturated heterocycles. The van der Waals surface area contributed by atoms with Gasteiger partial charge in [0.15, 0.2) is 0 Å². The third-order valence-corrected chi connectivity index (χ3v) is 3.67. The summed E-state index contributed by atoms with van der Waals surface area (Å²) in [6.45, 7) is 3.26. The zero-order valence-electron chi connectivity index (χ0n) is 11.5. The van der Waals surface area contributed by atoms with Gasteiger partial charge in [0.2, 0.25) is 0 Å². The molecule has 0 atom stereocenters. The Kier molecular flexibility index (Phi) is 3.14. The lowest BCUT2D eigenvalue weighted by Crippen LogP contribution is -2.36. The lowest BCUT2D eigenvalue weighted by molar-refractivity contribution is 0.0734. The molecule has 102 valence electrons. The molecule has 0 radical (unpaired) electrons.